The molecule has 0 saturated carbocycles. The van der Waals surface area contributed by atoms with Crippen molar-refractivity contribution in [1.82, 2.24) is 5.48 Å². The van der Waals surface area contributed by atoms with E-state index in [9.17, 15) is 5.11 Å². The van der Waals surface area contributed by atoms with Crippen molar-refractivity contribution in [2.24, 2.45) is 0 Å². The Balaban J connectivity index is 2.54. The number of rotatable bonds is 3. The van der Waals surface area contributed by atoms with Gasteiger partial charge < -0.3 is 5.11 Å². The Bertz CT molecular complexity index is 329. The summed E-state index contributed by atoms with van der Waals surface area (Å²) in [4.78, 5) is 5.37. The van der Waals surface area contributed by atoms with Crippen LogP contribution in [0.3, 0.4) is 0 Å². The van der Waals surface area contributed by atoms with Gasteiger partial charge in [0.1, 0.15) is 5.75 Å². The molecule has 15 heavy (non-hydrogen) atoms. The lowest BCUT2D eigenvalue weighted by atomic mass is 10.1. The number of hydrogen-bond acceptors (Lipinski definition) is 3. The van der Waals surface area contributed by atoms with Crippen molar-refractivity contribution in [3.63, 3.8) is 0 Å². The molecule has 0 heterocycles. The molecule has 84 valence electrons. The number of hydroxylamine groups is 1. The molecule has 0 amide bonds. The van der Waals surface area contributed by atoms with Crippen LogP contribution in [0.4, 0.5) is 0 Å². The van der Waals surface area contributed by atoms with Gasteiger partial charge in [0, 0.05) is 12.1 Å². The number of aromatic hydroxyl groups is 1. The van der Waals surface area contributed by atoms with Crippen LogP contribution < -0.4 is 5.48 Å². The normalized spacial score (nSPS) is 11.7. The van der Waals surface area contributed by atoms with Gasteiger partial charge in [-0.15, -0.1) is 0 Å². The Morgan fingerprint density at radius 1 is 1.33 bits per heavy atom. The van der Waals surface area contributed by atoms with Crippen LogP contribution in [-0.4, -0.2) is 10.7 Å². The van der Waals surface area contributed by atoms with E-state index in [0.29, 0.717) is 12.3 Å². The fourth-order valence-electron chi connectivity index (χ4n) is 1.19. The van der Waals surface area contributed by atoms with Gasteiger partial charge >= 0.3 is 0 Å². The average molecular weight is 209 g/mol. The van der Waals surface area contributed by atoms with Crippen LogP contribution in [0.2, 0.25) is 0 Å². The Kier molecular flexibility index (Phi) is 3.72. The predicted molar refractivity (Wildman–Crippen MR) is 60.5 cm³/mol. The molecule has 1 aromatic carbocycles. The molecule has 0 aliphatic rings. The van der Waals surface area contributed by atoms with E-state index in [0.717, 1.165) is 11.1 Å². The monoisotopic (exact) mass is 209 g/mol. The summed E-state index contributed by atoms with van der Waals surface area (Å²) in [5, 5.41) is 9.57. The third-order valence-corrected chi connectivity index (χ3v) is 1.88. The first-order valence-corrected chi connectivity index (χ1v) is 5.08. The summed E-state index contributed by atoms with van der Waals surface area (Å²) in [5.74, 6) is 0.297. The molecule has 0 fully saturated rings. The Morgan fingerprint density at radius 2 is 2.00 bits per heavy atom. The maximum atomic E-state index is 9.57. The number of benzene rings is 1. The lowest BCUT2D eigenvalue weighted by Gasteiger charge is -2.19. The minimum atomic E-state index is -0.223. The molecule has 0 spiro atoms. The highest BCUT2D eigenvalue weighted by Gasteiger charge is 2.10. The molecule has 0 aliphatic heterocycles. The van der Waals surface area contributed by atoms with Gasteiger partial charge in [-0.3, -0.25) is 4.84 Å². The minimum Gasteiger partial charge on any atom is -0.508 e. The quantitative estimate of drug-likeness (QED) is 0.752. The minimum absolute atomic E-state index is 0.223. The maximum Gasteiger partial charge on any atom is 0.120 e. The summed E-state index contributed by atoms with van der Waals surface area (Å²) >= 11 is 0. The molecular weight excluding hydrogens is 190 g/mol. The number of phenols is 1. The highest BCUT2D eigenvalue weighted by atomic mass is 16.7. The van der Waals surface area contributed by atoms with Crippen LogP contribution in [0, 0.1) is 6.92 Å². The summed E-state index contributed by atoms with van der Waals surface area (Å²) in [6.45, 7) is 8.40. The van der Waals surface area contributed by atoms with Crippen molar-refractivity contribution in [3.05, 3.63) is 29.3 Å². The number of nitrogens with one attached hydrogen (secondary N) is 1. The summed E-state index contributed by atoms with van der Waals surface area (Å²) in [6.07, 6.45) is 0. The van der Waals surface area contributed by atoms with E-state index in [-0.39, 0.29) is 5.60 Å². The second kappa shape index (κ2) is 4.64. The zero-order chi connectivity index (χ0) is 11.5. The molecule has 3 heteroatoms. The van der Waals surface area contributed by atoms with Crippen molar-refractivity contribution in [2.75, 3.05) is 0 Å². The van der Waals surface area contributed by atoms with Gasteiger partial charge in [-0.25, -0.2) is 0 Å². The maximum absolute atomic E-state index is 9.57. The molecule has 0 saturated heterocycles. The van der Waals surface area contributed by atoms with E-state index in [1.165, 1.54) is 0 Å². The molecule has 0 atom stereocenters. The van der Waals surface area contributed by atoms with E-state index in [4.69, 9.17) is 4.84 Å². The number of aryl methyl sites for hydroxylation is 1. The van der Waals surface area contributed by atoms with Crippen LogP contribution in [0.15, 0.2) is 18.2 Å². The highest BCUT2D eigenvalue weighted by Crippen LogP contribution is 2.18. The Hall–Kier alpha value is -1.06. The van der Waals surface area contributed by atoms with E-state index >= 15 is 0 Å². The SMILES string of the molecule is Cc1ccc(O)c(CNOC(C)(C)C)c1. The number of phenolic OH excluding ortho intramolecular Hbond substituents is 1. The molecule has 1 rings (SSSR count). The van der Waals surface area contributed by atoms with Gasteiger partial charge in [-0.05, 0) is 33.8 Å². The smallest absolute Gasteiger partial charge is 0.120 e. The third kappa shape index (κ3) is 4.32. The van der Waals surface area contributed by atoms with E-state index in [1.54, 1.807) is 6.07 Å². The Labute approximate surface area is 91.0 Å². The van der Waals surface area contributed by atoms with Gasteiger partial charge in [0.2, 0.25) is 0 Å². The molecule has 1 aromatic rings. The van der Waals surface area contributed by atoms with Gasteiger partial charge in [-0.2, -0.15) is 5.48 Å². The van der Waals surface area contributed by atoms with Gasteiger partial charge in [0.15, 0.2) is 0 Å². The van der Waals surface area contributed by atoms with Crippen LogP contribution in [0.25, 0.3) is 0 Å². The largest absolute Gasteiger partial charge is 0.508 e. The fraction of sp³-hybridized carbons (Fsp3) is 0.500. The second-order valence-corrected chi connectivity index (χ2v) is 4.67. The number of hydrogen-bond donors (Lipinski definition) is 2. The molecule has 0 bridgehead atoms. The topological polar surface area (TPSA) is 41.5 Å². The molecule has 0 aliphatic carbocycles. The summed E-state index contributed by atoms with van der Waals surface area (Å²) < 4.78 is 0. The molecular formula is C12H19NO2. The zero-order valence-electron chi connectivity index (χ0n) is 9.79. The predicted octanol–water partition coefficient (Wildman–Crippen LogP) is 2.52. The van der Waals surface area contributed by atoms with Crippen molar-refractivity contribution in [3.8, 4) is 5.75 Å². The molecule has 0 aromatic heterocycles. The van der Waals surface area contributed by atoms with Crippen LogP contribution >= 0.6 is 0 Å². The highest BCUT2D eigenvalue weighted by molar-refractivity contribution is 5.35. The standard InChI is InChI=1S/C12H19NO2/c1-9-5-6-11(14)10(7-9)8-13-15-12(2,3)4/h5-7,13-14H,8H2,1-4H3. The summed E-state index contributed by atoms with van der Waals surface area (Å²) in [7, 11) is 0. The lowest BCUT2D eigenvalue weighted by Crippen LogP contribution is -2.28. The second-order valence-electron chi connectivity index (χ2n) is 4.67. The third-order valence-electron chi connectivity index (χ3n) is 1.88. The molecule has 0 radical (unpaired) electrons. The van der Waals surface area contributed by atoms with E-state index < -0.39 is 0 Å². The first-order valence-electron chi connectivity index (χ1n) is 5.08. The van der Waals surface area contributed by atoms with Gasteiger partial charge in [0.05, 0.1) is 5.60 Å². The van der Waals surface area contributed by atoms with Gasteiger partial charge in [0.25, 0.3) is 0 Å². The van der Waals surface area contributed by atoms with Crippen LogP contribution in [0.1, 0.15) is 31.9 Å². The first-order chi connectivity index (χ1) is 6.88. The van der Waals surface area contributed by atoms with E-state index in [1.807, 2.05) is 39.8 Å². The molecule has 0 unspecified atom stereocenters. The first kappa shape index (κ1) is 12.0. The summed E-state index contributed by atoms with van der Waals surface area (Å²) in [5.41, 5.74) is 4.60. The van der Waals surface area contributed by atoms with Crippen molar-refractivity contribution in [2.45, 2.75) is 39.8 Å². The lowest BCUT2D eigenvalue weighted by molar-refractivity contribution is -0.0759. The van der Waals surface area contributed by atoms with Crippen LogP contribution in [-0.2, 0) is 11.4 Å². The fourth-order valence-corrected chi connectivity index (χ4v) is 1.19. The van der Waals surface area contributed by atoms with Crippen molar-refractivity contribution >= 4 is 0 Å². The average Bonchev–Trinajstić information content (AvgIpc) is 2.09. The Morgan fingerprint density at radius 3 is 2.60 bits per heavy atom. The molecule has 3 nitrogen and oxygen atoms in total. The summed E-state index contributed by atoms with van der Waals surface area (Å²) in [6, 6.07) is 5.52. The van der Waals surface area contributed by atoms with Crippen LogP contribution in [0.5, 0.6) is 5.75 Å². The van der Waals surface area contributed by atoms with Crippen molar-refractivity contribution in [1.29, 1.82) is 0 Å². The van der Waals surface area contributed by atoms with Gasteiger partial charge in [-0.1, -0.05) is 17.7 Å². The van der Waals surface area contributed by atoms with Crippen molar-refractivity contribution < 1.29 is 9.94 Å². The van der Waals surface area contributed by atoms with E-state index in [2.05, 4.69) is 5.48 Å². The zero-order valence-corrected chi connectivity index (χ0v) is 9.79. The molecule has 2 N–H and O–H groups in total.